The van der Waals surface area contributed by atoms with Gasteiger partial charge in [-0.1, -0.05) is 58.4 Å². The van der Waals surface area contributed by atoms with E-state index in [1.54, 1.807) is 12.1 Å². The minimum Gasteiger partial charge on any atom is -0.391 e. The number of benzene rings is 1. The second kappa shape index (κ2) is 9.25. The summed E-state index contributed by atoms with van der Waals surface area (Å²) in [6, 6.07) is 6.23. The van der Waals surface area contributed by atoms with Crippen LogP contribution in [0.5, 0.6) is 0 Å². The van der Waals surface area contributed by atoms with E-state index in [-0.39, 0.29) is 36.2 Å². The largest absolute Gasteiger partial charge is 0.391 e. The molecular weight excluding hydrogens is 378 g/mol. The number of carbonyl (C=O) groups excluding carboxylic acids is 2. The van der Waals surface area contributed by atoms with E-state index in [2.05, 4.69) is 10.6 Å². The summed E-state index contributed by atoms with van der Waals surface area (Å²) in [5.74, 6) is -0.401. The molecule has 3 atom stereocenters. The summed E-state index contributed by atoms with van der Waals surface area (Å²) in [4.78, 5) is 27.6. The van der Waals surface area contributed by atoms with Crippen LogP contribution in [0.1, 0.15) is 46.6 Å². The van der Waals surface area contributed by atoms with Crippen LogP contribution in [0.25, 0.3) is 0 Å². The van der Waals surface area contributed by atoms with Crippen molar-refractivity contribution in [2.45, 2.75) is 71.8 Å². The molecule has 0 aliphatic carbocycles. The topological polar surface area (TPSA) is 81.7 Å². The Bertz CT molecular complexity index is 685. The zero-order chi connectivity index (χ0) is 21.1. The number of aliphatic hydroxyl groups excluding tert-OH is 1. The normalized spacial score (nSPS) is 21.1. The van der Waals surface area contributed by atoms with Crippen molar-refractivity contribution in [3.8, 4) is 0 Å². The zero-order valence-corrected chi connectivity index (χ0v) is 18.1. The fourth-order valence-electron chi connectivity index (χ4n) is 3.41. The van der Waals surface area contributed by atoms with Crippen molar-refractivity contribution in [2.24, 2.45) is 5.41 Å². The molecule has 0 bridgehead atoms. The van der Waals surface area contributed by atoms with Gasteiger partial charge in [-0.05, 0) is 23.1 Å². The molecule has 1 heterocycles. The van der Waals surface area contributed by atoms with Gasteiger partial charge in [-0.3, -0.25) is 9.59 Å². The van der Waals surface area contributed by atoms with Gasteiger partial charge in [0.2, 0.25) is 11.8 Å². The van der Waals surface area contributed by atoms with Crippen molar-refractivity contribution in [3.63, 3.8) is 0 Å². The van der Waals surface area contributed by atoms with E-state index in [1.807, 2.05) is 46.8 Å². The lowest BCUT2D eigenvalue weighted by Gasteiger charge is -2.36. The van der Waals surface area contributed by atoms with Crippen LogP contribution in [-0.2, 0) is 16.1 Å². The van der Waals surface area contributed by atoms with E-state index in [0.29, 0.717) is 11.6 Å². The highest BCUT2D eigenvalue weighted by atomic mass is 35.5. The van der Waals surface area contributed by atoms with Gasteiger partial charge >= 0.3 is 0 Å². The van der Waals surface area contributed by atoms with Gasteiger partial charge in [-0.2, -0.15) is 0 Å². The highest BCUT2D eigenvalue weighted by molar-refractivity contribution is 6.30. The molecule has 1 fully saturated rings. The third-order valence-electron chi connectivity index (χ3n) is 4.86. The summed E-state index contributed by atoms with van der Waals surface area (Å²) >= 11 is 5.89. The highest BCUT2D eigenvalue weighted by Gasteiger charge is 2.43. The summed E-state index contributed by atoms with van der Waals surface area (Å²) in [5.41, 5.74) is 0.599. The Morgan fingerprint density at radius 2 is 1.86 bits per heavy atom. The quantitative estimate of drug-likeness (QED) is 0.673. The highest BCUT2D eigenvalue weighted by Crippen LogP contribution is 2.26. The molecule has 2 amide bonds. The maximum atomic E-state index is 13.3. The lowest BCUT2D eigenvalue weighted by atomic mass is 9.85. The number of hydrogen-bond acceptors (Lipinski definition) is 4. The van der Waals surface area contributed by atoms with E-state index in [0.717, 1.165) is 5.56 Å². The van der Waals surface area contributed by atoms with E-state index in [4.69, 9.17) is 11.6 Å². The van der Waals surface area contributed by atoms with Crippen molar-refractivity contribution >= 4 is 23.4 Å². The van der Waals surface area contributed by atoms with Crippen LogP contribution < -0.4 is 10.6 Å². The van der Waals surface area contributed by atoms with Crippen LogP contribution in [-0.4, -0.2) is 52.6 Å². The summed E-state index contributed by atoms with van der Waals surface area (Å²) < 4.78 is 0. The van der Waals surface area contributed by atoms with Gasteiger partial charge in [-0.15, -0.1) is 0 Å². The number of halogens is 1. The predicted octanol–water partition coefficient (Wildman–Crippen LogP) is 2.33. The van der Waals surface area contributed by atoms with Gasteiger partial charge in [0.15, 0.2) is 0 Å². The Balaban J connectivity index is 2.10. The van der Waals surface area contributed by atoms with Crippen LogP contribution in [0.4, 0.5) is 0 Å². The second-order valence-electron chi connectivity index (χ2n) is 8.86. The molecular formula is C21H32ClN3O3. The van der Waals surface area contributed by atoms with Crippen molar-refractivity contribution < 1.29 is 14.7 Å². The lowest BCUT2D eigenvalue weighted by molar-refractivity contribution is -0.142. The van der Waals surface area contributed by atoms with Gasteiger partial charge in [0.05, 0.1) is 12.1 Å². The lowest BCUT2D eigenvalue weighted by Crippen LogP contribution is -2.57. The molecule has 1 aromatic rings. The molecule has 0 radical (unpaired) electrons. The number of nitrogens with one attached hydrogen (secondary N) is 2. The summed E-state index contributed by atoms with van der Waals surface area (Å²) in [7, 11) is 0. The Kier molecular flexibility index (Phi) is 7.48. The van der Waals surface area contributed by atoms with Crippen LogP contribution in [0.3, 0.4) is 0 Å². The van der Waals surface area contributed by atoms with Crippen molar-refractivity contribution in [1.82, 2.24) is 15.5 Å². The molecule has 0 aromatic heterocycles. The molecule has 7 heteroatoms. The molecule has 1 aliphatic heterocycles. The number of likely N-dealkylation sites (tertiary alicyclic amines) is 1. The number of aliphatic hydroxyl groups is 1. The summed E-state index contributed by atoms with van der Waals surface area (Å²) in [6.45, 7) is 10.5. The average molecular weight is 410 g/mol. The SMILES string of the molecule is CC(C)N[C@H](C(=O)N1C[C@H](O)C[C@H]1C(=O)NCc1ccc(Cl)cc1)C(C)(C)C. The average Bonchev–Trinajstić information content (AvgIpc) is 2.99. The first-order chi connectivity index (χ1) is 13.0. The smallest absolute Gasteiger partial charge is 0.243 e. The Labute approximate surface area is 172 Å². The van der Waals surface area contributed by atoms with E-state index >= 15 is 0 Å². The maximum Gasteiger partial charge on any atom is 0.243 e. The Hall–Kier alpha value is -1.63. The van der Waals surface area contributed by atoms with E-state index < -0.39 is 18.2 Å². The van der Waals surface area contributed by atoms with Crippen LogP contribution in [0, 0.1) is 5.41 Å². The minimum atomic E-state index is -0.699. The molecule has 1 saturated heterocycles. The fourth-order valence-corrected chi connectivity index (χ4v) is 3.53. The third kappa shape index (κ3) is 5.93. The molecule has 6 nitrogen and oxygen atoms in total. The number of β-amino-alcohol motifs (C(OH)–C–C–N with tert-alkyl or cyclic N) is 1. The van der Waals surface area contributed by atoms with Crippen molar-refractivity contribution in [2.75, 3.05) is 6.54 Å². The molecule has 1 aromatic carbocycles. The first kappa shape index (κ1) is 22.7. The number of amides is 2. The Morgan fingerprint density at radius 1 is 1.25 bits per heavy atom. The summed E-state index contributed by atoms with van der Waals surface area (Å²) in [5, 5.41) is 17.0. The second-order valence-corrected chi connectivity index (χ2v) is 9.30. The zero-order valence-electron chi connectivity index (χ0n) is 17.3. The van der Waals surface area contributed by atoms with Crippen LogP contribution in [0.15, 0.2) is 24.3 Å². The van der Waals surface area contributed by atoms with E-state index in [9.17, 15) is 14.7 Å². The molecule has 0 saturated carbocycles. The first-order valence-electron chi connectivity index (χ1n) is 9.75. The monoisotopic (exact) mass is 409 g/mol. The number of rotatable bonds is 6. The van der Waals surface area contributed by atoms with Gasteiger partial charge in [0, 0.05) is 30.6 Å². The molecule has 1 aliphatic rings. The Morgan fingerprint density at radius 3 is 2.39 bits per heavy atom. The molecule has 3 N–H and O–H groups in total. The van der Waals surface area contributed by atoms with Crippen LogP contribution in [0.2, 0.25) is 5.02 Å². The van der Waals surface area contributed by atoms with Crippen LogP contribution >= 0.6 is 11.6 Å². The molecule has 2 rings (SSSR count). The standard InChI is InChI=1S/C21H32ClN3O3/c1-13(2)24-18(21(3,4)5)20(28)25-12-16(26)10-17(25)19(27)23-11-14-6-8-15(22)9-7-14/h6-9,13,16-18,24,26H,10-12H2,1-5H3,(H,23,27)/t16-,17+,18-/m1/s1. The first-order valence-corrected chi connectivity index (χ1v) is 10.1. The fraction of sp³-hybridized carbons (Fsp3) is 0.619. The van der Waals surface area contributed by atoms with E-state index in [1.165, 1.54) is 4.90 Å². The van der Waals surface area contributed by atoms with Crippen molar-refractivity contribution in [1.29, 1.82) is 0 Å². The maximum absolute atomic E-state index is 13.3. The molecule has 28 heavy (non-hydrogen) atoms. The van der Waals surface area contributed by atoms with Gasteiger partial charge in [0.1, 0.15) is 6.04 Å². The minimum absolute atomic E-state index is 0.123. The number of carbonyl (C=O) groups is 2. The number of hydrogen-bond donors (Lipinski definition) is 3. The predicted molar refractivity (Wildman–Crippen MR) is 111 cm³/mol. The molecule has 0 spiro atoms. The number of nitrogens with zero attached hydrogens (tertiary/aromatic N) is 1. The van der Waals surface area contributed by atoms with Gasteiger partial charge in [0.25, 0.3) is 0 Å². The van der Waals surface area contributed by atoms with Crippen molar-refractivity contribution in [3.05, 3.63) is 34.9 Å². The summed E-state index contributed by atoms with van der Waals surface area (Å²) in [6.07, 6.45) is -0.452. The third-order valence-corrected chi connectivity index (χ3v) is 5.11. The molecule has 0 unspecified atom stereocenters. The van der Waals surface area contributed by atoms with Gasteiger partial charge in [-0.25, -0.2) is 0 Å². The van der Waals surface area contributed by atoms with Gasteiger partial charge < -0.3 is 20.6 Å². The molecule has 156 valence electrons.